The summed E-state index contributed by atoms with van der Waals surface area (Å²) in [6, 6.07) is 5.13. The first-order chi connectivity index (χ1) is 6.84. The van der Waals surface area contributed by atoms with E-state index in [-0.39, 0.29) is 4.99 Å². The SMILES string of the molecule is CC(C)(Oc1c(Cl)cccc1Cl)C(N)=S. The lowest BCUT2D eigenvalue weighted by Gasteiger charge is -2.26. The van der Waals surface area contributed by atoms with Crippen LogP contribution in [-0.4, -0.2) is 10.6 Å². The van der Waals surface area contributed by atoms with E-state index in [2.05, 4.69) is 0 Å². The van der Waals surface area contributed by atoms with Crippen LogP contribution in [0, 0.1) is 0 Å². The molecule has 2 nitrogen and oxygen atoms in total. The van der Waals surface area contributed by atoms with Gasteiger partial charge in [0.05, 0.1) is 10.0 Å². The molecule has 82 valence electrons. The summed E-state index contributed by atoms with van der Waals surface area (Å²) < 4.78 is 5.59. The Balaban J connectivity index is 3.04. The molecule has 0 saturated carbocycles. The van der Waals surface area contributed by atoms with Gasteiger partial charge in [-0.25, -0.2) is 0 Å². The van der Waals surface area contributed by atoms with E-state index in [1.807, 2.05) is 0 Å². The van der Waals surface area contributed by atoms with E-state index in [0.717, 1.165) is 0 Å². The standard InChI is InChI=1S/C10H11Cl2NOS/c1-10(2,9(13)15)14-8-6(11)4-3-5-7(8)12/h3-5H,1-2H3,(H2,13,15). The summed E-state index contributed by atoms with van der Waals surface area (Å²) in [7, 11) is 0. The lowest BCUT2D eigenvalue weighted by molar-refractivity contribution is 0.184. The van der Waals surface area contributed by atoms with Crippen LogP contribution in [0.4, 0.5) is 0 Å². The smallest absolute Gasteiger partial charge is 0.157 e. The van der Waals surface area contributed by atoms with E-state index >= 15 is 0 Å². The molecule has 0 saturated heterocycles. The molecule has 0 atom stereocenters. The van der Waals surface area contributed by atoms with Gasteiger partial charge in [-0.2, -0.15) is 0 Å². The third-order valence-electron chi connectivity index (χ3n) is 1.87. The highest BCUT2D eigenvalue weighted by Gasteiger charge is 2.25. The molecule has 0 unspecified atom stereocenters. The van der Waals surface area contributed by atoms with E-state index in [1.165, 1.54) is 0 Å². The number of halogens is 2. The summed E-state index contributed by atoms with van der Waals surface area (Å²) >= 11 is 16.8. The maximum absolute atomic E-state index is 5.95. The predicted molar refractivity (Wildman–Crippen MR) is 68.0 cm³/mol. The van der Waals surface area contributed by atoms with Crippen LogP contribution in [0.2, 0.25) is 10.0 Å². The van der Waals surface area contributed by atoms with Gasteiger partial charge in [0, 0.05) is 0 Å². The largest absolute Gasteiger partial charge is 0.478 e. The molecular weight excluding hydrogens is 253 g/mol. The fourth-order valence-electron chi connectivity index (χ4n) is 0.885. The van der Waals surface area contributed by atoms with Gasteiger partial charge in [0.25, 0.3) is 0 Å². The lowest BCUT2D eigenvalue weighted by atomic mass is 10.1. The fraction of sp³-hybridized carbons (Fsp3) is 0.300. The van der Waals surface area contributed by atoms with Crippen molar-refractivity contribution >= 4 is 40.4 Å². The minimum absolute atomic E-state index is 0.249. The zero-order chi connectivity index (χ0) is 11.6. The van der Waals surface area contributed by atoms with E-state index in [1.54, 1.807) is 32.0 Å². The summed E-state index contributed by atoms with van der Waals surface area (Å²) in [6.07, 6.45) is 0. The van der Waals surface area contributed by atoms with Crippen molar-refractivity contribution in [1.29, 1.82) is 0 Å². The Labute approximate surface area is 104 Å². The second-order valence-electron chi connectivity index (χ2n) is 3.53. The van der Waals surface area contributed by atoms with Crippen molar-refractivity contribution in [2.24, 2.45) is 5.73 Å². The van der Waals surface area contributed by atoms with Gasteiger partial charge in [0.1, 0.15) is 4.99 Å². The first kappa shape index (κ1) is 12.6. The zero-order valence-corrected chi connectivity index (χ0v) is 10.7. The Morgan fingerprint density at radius 2 is 1.80 bits per heavy atom. The molecule has 1 aromatic rings. The van der Waals surface area contributed by atoms with Crippen LogP contribution in [-0.2, 0) is 0 Å². The molecule has 0 radical (unpaired) electrons. The van der Waals surface area contributed by atoms with Gasteiger partial charge in [-0.15, -0.1) is 0 Å². The quantitative estimate of drug-likeness (QED) is 0.849. The molecule has 0 heterocycles. The molecular formula is C10H11Cl2NOS. The van der Waals surface area contributed by atoms with Gasteiger partial charge in [0.15, 0.2) is 11.4 Å². The Kier molecular flexibility index (Phi) is 3.82. The van der Waals surface area contributed by atoms with Gasteiger partial charge in [-0.05, 0) is 26.0 Å². The highest BCUT2D eigenvalue weighted by molar-refractivity contribution is 7.80. The van der Waals surface area contributed by atoms with Gasteiger partial charge < -0.3 is 10.5 Å². The van der Waals surface area contributed by atoms with Crippen molar-refractivity contribution in [3.8, 4) is 5.75 Å². The van der Waals surface area contributed by atoms with Gasteiger partial charge in [-0.1, -0.05) is 41.5 Å². The number of rotatable bonds is 3. The van der Waals surface area contributed by atoms with E-state index in [0.29, 0.717) is 15.8 Å². The van der Waals surface area contributed by atoms with Crippen molar-refractivity contribution in [2.75, 3.05) is 0 Å². The van der Waals surface area contributed by atoms with Crippen LogP contribution in [0.1, 0.15) is 13.8 Å². The molecule has 1 rings (SSSR count). The summed E-state index contributed by atoms with van der Waals surface area (Å²) in [5.74, 6) is 0.402. The first-order valence-corrected chi connectivity index (χ1v) is 5.44. The molecule has 15 heavy (non-hydrogen) atoms. The molecule has 0 fully saturated rings. The fourth-order valence-corrected chi connectivity index (χ4v) is 1.40. The number of ether oxygens (including phenoxy) is 1. The molecule has 5 heteroatoms. The Bertz CT molecular complexity index is 373. The summed E-state index contributed by atoms with van der Waals surface area (Å²) in [4.78, 5) is 0.249. The third kappa shape index (κ3) is 2.97. The molecule has 0 bridgehead atoms. The highest BCUT2D eigenvalue weighted by Crippen LogP contribution is 2.34. The minimum atomic E-state index is -0.774. The highest BCUT2D eigenvalue weighted by atomic mass is 35.5. The molecule has 1 aromatic carbocycles. The van der Waals surface area contributed by atoms with Crippen LogP contribution in [0.3, 0.4) is 0 Å². The number of thiocarbonyl (C=S) groups is 1. The van der Waals surface area contributed by atoms with Gasteiger partial charge >= 0.3 is 0 Å². The summed E-state index contributed by atoms with van der Waals surface area (Å²) in [6.45, 7) is 3.52. The van der Waals surface area contributed by atoms with Crippen molar-refractivity contribution < 1.29 is 4.74 Å². The topological polar surface area (TPSA) is 35.2 Å². The second kappa shape index (κ2) is 4.56. The maximum Gasteiger partial charge on any atom is 0.157 e. The predicted octanol–water partition coefficient (Wildman–Crippen LogP) is 3.44. The van der Waals surface area contributed by atoms with E-state index in [4.69, 9.17) is 45.9 Å². The van der Waals surface area contributed by atoms with Crippen LogP contribution in [0.5, 0.6) is 5.75 Å². The van der Waals surface area contributed by atoms with Crippen LogP contribution in [0.25, 0.3) is 0 Å². The lowest BCUT2D eigenvalue weighted by Crippen LogP contribution is -2.42. The monoisotopic (exact) mass is 263 g/mol. The number of benzene rings is 1. The average Bonchev–Trinajstić information content (AvgIpc) is 2.11. The number of para-hydroxylation sites is 1. The Morgan fingerprint density at radius 1 is 1.33 bits per heavy atom. The average molecular weight is 264 g/mol. The van der Waals surface area contributed by atoms with Crippen molar-refractivity contribution in [2.45, 2.75) is 19.4 Å². The van der Waals surface area contributed by atoms with E-state index in [9.17, 15) is 0 Å². The third-order valence-corrected chi connectivity index (χ3v) is 2.96. The van der Waals surface area contributed by atoms with Gasteiger partial charge in [0.2, 0.25) is 0 Å². The van der Waals surface area contributed by atoms with Gasteiger partial charge in [-0.3, -0.25) is 0 Å². The minimum Gasteiger partial charge on any atom is -0.478 e. The molecule has 0 aliphatic carbocycles. The van der Waals surface area contributed by atoms with Crippen molar-refractivity contribution in [3.63, 3.8) is 0 Å². The van der Waals surface area contributed by atoms with Crippen LogP contribution < -0.4 is 10.5 Å². The Hall–Kier alpha value is -0.510. The zero-order valence-electron chi connectivity index (χ0n) is 8.38. The number of nitrogens with two attached hydrogens (primary N) is 1. The Morgan fingerprint density at radius 3 is 2.20 bits per heavy atom. The van der Waals surface area contributed by atoms with Crippen LogP contribution >= 0.6 is 35.4 Å². The van der Waals surface area contributed by atoms with E-state index < -0.39 is 5.60 Å². The van der Waals surface area contributed by atoms with Crippen molar-refractivity contribution in [1.82, 2.24) is 0 Å². The number of hydrogen-bond donors (Lipinski definition) is 1. The first-order valence-electron chi connectivity index (χ1n) is 4.27. The molecule has 2 N–H and O–H groups in total. The second-order valence-corrected chi connectivity index (χ2v) is 4.78. The normalized spacial score (nSPS) is 11.2. The maximum atomic E-state index is 5.95. The molecule has 0 spiro atoms. The molecule has 0 aromatic heterocycles. The molecule has 0 amide bonds. The summed E-state index contributed by atoms with van der Waals surface area (Å²) in [5, 5.41) is 0.874. The van der Waals surface area contributed by atoms with Crippen molar-refractivity contribution in [3.05, 3.63) is 28.2 Å². The number of hydrogen-bond acceptors (Lipinski definition) is 2. The summed E-state index contributed by atoms with van der Waals surface area (Å²) in [5.41, 5.74) is 4.76. The molecule has 0 aliphatic heterocycles. The van der Waals surface area contributed by atoms with Crippen LogP contribution in [0.15, 0.2) is 18.2 Å². The molecule has 0 aliphatic rings.